The minimum atomic E-state index is -5.10. The van der Waals surface area contributed by atoms with Crippen molar-refractivity contribution in [3.05, 3.63) is 56.1 Å². The Bertz CT molecular complexity index is 868. The van der Waals surface area contributed by atoms with Gasteiger partial charge in [-0.3, -0.25) is 9.59 Å². The highest BCUT2D eigenvalue weighted by Crippen LogP contribution is 2.38. The van der Waals surface area contributed by atoms with E-state index in [0.29, 0.717) is 17.8 Å². The summed E-state index contributed by atoms with van der Waals surface area (Å²) in [5.41, 5.74) is -1.59. The molecule has 27 heavy (non-hydrogen) atoms. The van der Waals surface area contributed by atoms with Gasteiger partial charge in [0.25, 0.3) is 0 Å². The van der Waals surface area contributed by atoms with Gasteiger partial charge in [0.15, 0.2) is 0 Å². The molecule has 0 fully saturated rings. The Kier molecular flexibility index (Phi) is 6.03. The molecule has 0 spiro atoms. The molecule has 0 N–H and O–H groups in total. The van der Waals surface area contributed by atoms with Crippen LogP contribution in [-0.2, 0) is 22.3 Å². The zero-order chi connectivity index (χ0) is 20.4. The van der Waals surface area contributed by atoms with Crippen LogP contribution in [-0.4, -0.2) is 16.7 Å². The Morgan fingerprint density at radius 3 is 2.41 bits per heavy atom. The Morgan fingerprint density at radius 1 is 1.22 bits per heavy atom. The molecule has 0 bridgehead atoms. The van der Waals surface area contributed by atoms with Crippen LogP contribution in [0.5, 0.6) is 0 Å². The van der Waals surface area contributed by atoms with Crippen LogP contribution in [0.25, 0.3) is 0 Å². The second kappa shape index (κ2) is 7.75. The van der Waals surface area contributed by atoms with Gasteiger partial charge in [-0.1, -0.05) is 23.5 Å². The van der Waals surface area contributed by atoms with E-state index in [-0.39, 0.29) is 11.4 Å². The smallest absolute Gasteiger partial charge is 0.429 e. The number of aryl methyl sites for hydroxylation is 1. The van der Waals surface area contributed by atoms with Crippen LogP contribution >= 0.6 is 11.3 Å². The number of benzene rings is 1. The highest BCUT2D eigenvalue weighted by atomic mass is 32.1. The van der Waals surface area contributed by atoms with Gasteiger partial charge in [0.1, 0.15) is 0 Å². The third-order valence-corrected chi connectivity index (χ3v) is 4.46. The molecule has 0 radical (unpaired) electrons. The predicted octanol–water partition coefficient (Wildman–Crippen LogP) is 4.47. The fraction of sp³-hybridized carbons (Fsp3) is 0.375. The maximum atomic E-state index is 13.2. The lowest BCUT2D eigenvalue weighted by atomic mass is 10.1. The first-order valence-corrected chi connectivity index (χ1v) is 8.36. The van der Waals surface area contributed by atoms with E-state index in [2.05, 4.69) is 4.74 Å². The summed E-state index contributed by atoms with van der Waals surface area (Å²) < 4.78 is 83.4. The molecule has 1 heterocycles. The van der Waals surface area contributed by atoms with E-state index in [0.717, 1.165) is 23.5 Å². The quantitative estimate of drug-likeness (QED) is 0.537. The molecule has 1 aromatic carbocycles. The highest BCUT2D eigenvalue weighted by Gasteiger charge is 2.45. The Balaban J connectivity index is 2.18. The summed E-state index contributed by atoms with van der Waals surface area (Å²) in [7, 11) is 0. The first kappa shape index (κ1) is 21.0. The maximum Gasteiger partial charge on any atom is 0.429 e. The Morgan fingerprint density at radius 2 is 1.89 bits per heavy atom. The van der Waals surface area contributed by atoms with Crippen molar-refractivity contribution < 1.29 is 35.9 Å². The summed E-state index contributed by atoms with van der Waals surface area (Å²) in [6.45, 7) is 1.39. The van der Waals surface area contributed by atoms with E-state index in [4.69, 9.17) is 0 Å². The van der Waals surface area contributed by atoms with Gasteiger partial charge in [-0.25, -0.2) is 0 Å². The predicted molar refractivity (Wildman–Crippen MR) is 84.3 cm³/mol. The zero-order valence-corrected chi connectivity index (χ0v) is 14.5. The van der Waals surface area contributed by atoms with Gasteiger partial charge < -0.3 is 9.30 Å². The molecule has 2 rings (SSSR count). The van der Waals surface area contributed by atoms with Crippen molar-refractivity contribution in [3.8, 4) is 0 Å². The number of carbonyl (C=O) groups excluding carboxylic acids is 1. The number of hydrogen-bond acceptors (Lipinski definition) is 4. The van der Waals surface area contributed by atoms with Crippen LogP contribution in [0.4, 0.5) is 26.3 Å². The van der Waals surface area contributed by atoms with Crippen LogP contribution in [0.3, 0.4) is 0 Å². The summed E-state index contributed by atoms with van der Waals surface area (Å²) in [6, 6.07) is 2.51. The number of alkyl halides is 6. The molecule has 4 nitrogen and oxygen atoms in total. The number of ether oxygens (including phenoxy) is 1. The molecule has 0 aliphatic rings. The third-order valence-electron chi connectivity index (χ3n) is 3.58. The average Bonchev–Trinajstić information content (AvgIpc) is 2.87. The lowest BCUT2D eigenvalue weighted by Crippen LogP contribution is -2.27. The molecule has 0 saturated carbocycles. The van der Waals surface area contributed by atoms with E-state index in [1.165, 1.54) is 9.95 Å². The number of aromatic nitrogens is 1. The molecule has 148 valence electrons. The number of esters is 1. The number of nitrogens with zero attached hydrogens (tertiary/aromatic N) is 1. The molecular formula is C16H13F6NO3S. The second-order valence-electron chi connectivity index (χ2n) is 5.58. The van der Waals surface area contributed by atoms with Crippen molar-refractivity contribution >= 4 is 17.3 Å². The van der Waals surface area contributed by atoms with E-state index < -0.39 is 42.0 Å². The van der Waals surface area contributed by atoms with Gasteiger partial charge in [0.2, 0.25) is 6.10 Å². The van der Waals surface area contributed by atoms with Gasteiger partial charge in [-0.2, -0.15) is 26.3 Å². The highest BCUT2D eigenvalue weighted by molar-refractivity contribution is 7.07. The van der Waals surface area contributed by atoms with Crippen molar-refractivity contribution in [2.24, 2.45) is 0 Å². The lowest BCUT2D eigenvalue weighted by Gasteiger charge is -2.22. The van der Waals surface area contributed by atoms with E-state index in [1.807, 2.05) is 0 Å². The van der Waals surface area contributed by atoms with E-state index in [9.17, 15) is 35.9 Å². The maximum absolute atomic E-state index is 13.2. The summed E-state index contributed by atoms with van der Waals surface area (Å²) in [5.74, 6) is -1.28. The van der Waals surface area contributed by atoms with E-state index >= 15 is 0 Å². The summed E-state index contributed by atoms with van der Waals surface area (Å²) >= 11 is 0.870. The van der Waals surface area contributed by atoms with Gasteiger partial charge in [0, 0.05) is 23.2 Å². The second-order valence-corrected chi connectivity index (χ2v) is 6.40. The van der Waals surface area contributed by atoms with Crippen LogP contribution < -0.4 is 4.87 Å². The fourth-order valence-electron chi connectivity index (χ4n) is 2.27. The molecule has 11 heteroatoms. The van der Waals surface area contributed by atoms with Gasteiger partial charge >= 0.3 is 23.2 Å². The molecule has 0 saturated heterocycles. The van der Waals surface area contributed by atoms with Gasteiger partial charge in [-0.05, 0) is 19.1 Å². The van der Waals surface area contributed by atoms with Crippen molar-refractivity contribution in [2.45, 2.75) is 38.3 Å². The standard InChI is InChI=1S/C16H13F6NO3S/c1-9-8-27-14(25)23(9)6-5-12(24)26-13(16(20,21)22)10-3-2-4-11(7-10)15(17,18)19/h2-4,7-8,13H,5-6H2,1H3. The number of thiazole rings is 1. The number of hydrogen-bond donors (Lipinski definition) is 0. The molecule has 1 atom stereocenters. The van der Waals surface area contributed by atoms with Crippen LogP contribution in [0.15, 0.2) is 34.4 Å². The summed E-state index contributed by atoms with van der Waals surface area (Å²) in [4.78, 5) is 23.0. The minimum absolute atomic E-state index is 0.194. The number of carbonyl (C=O) groups is 1. The fourth-order valence-corrected chi connectivity index (χ4v) is 3.03. The van der Waals surface area contributed by atoms with Gasteiger partial charge in [-0.15, -0.1) is 0 Å². The normalized spacial score (nSPS) is 13.4. The van der Waals surface area contributed by atoms with Crippen molar-refractivity contribution in [1.82, 2.24) is 4.57 Å². The summed E-state index contributed by atoms with van der Waals surface area (Å²) in [6.07, 6.45) is -13.3. The number of halogens is 6. The number of rotatable bonds is 5. The van der Waals surface area contributed by atoms with E-state index in [1.54, 1.807) is 6.92 Å². The Hall–Kier alpha value is -2.30. The molecule has 0 amide bonds. The van der Waals surface area contributed by atoms with Crippen LogP contribution in [0, 0.1) is 6.92 Å². The van der Waals surface area contributed by atoms with Crippen LogP contribution in [0.1, 0.15) is 29.3 Å². The van der Waals surface area contributed by atoms with Crippen molar-refractivity contribution in [3.63, 3.8) is 0 Å². The lowest BCUT2D eigenvalue weighted by molar-refractivity contribution is -0.224. The van der Waals surface area contributed by atoms with Crippen LogP contribution in [0.2, 0.25) is 0 Å². The van der Waals surface area contributed by atoms with Crippen molar-refractivity contribution in [2.75, 3.05) is 0 Å². The monoisotopic (exact) mass is 413 g/mol. The molecule has 0 aliphatic carbocycles. The topological polar surface area (TPSA) is 48.3 Å². The zero-order valence-electron chi connectivity index (χ0n) is 13.7. The molecule has 1 unspecified atom stereocenters. The third kappa shape index (κ3) is 5.34. The SMILES string of the molecule is Cc1csc(=O)n1CCC(=O)OC(c1cccc(C(F)(F)F)c1)C(F)(F)F. The molecule has 2 aromatic rings. The molecule has 0 aliphatic heterocycles. The molecule has 1 aromatic heterocycles. The van der Waals surface area contributed by atoms with Gasteiger partial charge in [0.05, 0.1) is 12.0 Å². The first-order chi connectivity index (χ1) is 12.4. The Labute approximate surface area is 153 Å². The molecular weight excluding hydrogens is 400 g/mol. The largest absolute Gasteiger partial charge is 0.448 e. The summed E-state index contributed by atoms with van der Waals surface area (Å²) in [5, 5.41) is 1.52. The average molecular weight is 413 g/mol. The minimum Gasteiger partial charge on any atom is -0.448 e. The first-order valence-electron chi connectivity index (χ1n) is 7.48. The van der Waals surface area contributed by atoms with Crippen molar-refractivity contribution in [1.29, 1.82) is 0 Å².